The number of nitrogens with zero attached hydrogens (tertiary/aromatic N) is 1. The van der Waals surface area contributed by atoms with Gasteiger partial charge in [0.05, 0.1) is 13.7 Å². The number of alkyl halides is 2. The number of methoxy groups -OCH3 is 1. The number of nitrogens with two attached hydrogens (primary N) is 1. The first-order chi connectivity index (χ1) is 11.9. The lowest BCUT2D eigenvalue weighted by molar-refractivity contribution is -0.119. The van der Waals surface area contributed by atoms with E-state index in [4.69, 9.17) is 10.5 Å². The molecule has 1 saturated heterocycles. The first-order valence-corrected chi connectivity index (χ1v) is 7.83. The Hall–Kier alpha value is -2.42. The molecule has 0 aromatic heterocycles. The highest BCUT2D eigenvalue weighted by molar-refractivity contribution is 5.95. The minimum Gasteiger partial charge on any atom is -0.493 e. The highest BCUT2D eigenvalue weighted by Gasteiger charge is 2.22. The molecule has 1 aliphatic heterocycles. The molecule has 1 heterocycles. The molecule has 138 valence electrons. The summed E-state index contributed by atoms with van der Waals surface area (Å²) >= 11 is 0. The van der Waals surface area contributed by atoms with Crippen LogP contribution in [0.1, 0.15) is 23.2 Å². The quantitative estimate of drug-likeness (QED) is 0.759. The van der Waals surface area contributed by atoms with E-state index in [1.54, 1.807) is 0 Å². The Bertz CT molecular complexity index is 619. The van der Waals surface area contributed by atoms with Crippen molar-refractivity contribution in [2.45, 2.75) is 25.5 Å². The highest BCUT2D eigenvalue weighted by Crippen LogP contribution is 2.29. The van der Waals surface area contributed by atoms with Crippen LogP contribution in [0.25, 0.3) is 0 Å². The molecule has 1 aliphatic rings. The molecule has 0 radical (unpaired) electrons. The Morgan fingerprint density at radius 3 is 2.56 bits per heavy atom. The number of carbonyl (C=O) groups is 2. The number of halogens is 2. The van der Waals surface area contributed by atoms with Crippen LogP contribution in [-0.4, -0.2) is 56.1 Å². The maximum absolute atomic E-state index is 12.3. The number of primary amides is 1. The van der Waals surface area contributed by atoms with E-state index in [2.05, 4.69) is 10.1 Å². The van der Waals surface area contributed by atoms with Crippen LogP contribution >= 0.6 is 0 Å². The van der Waals surface area contributed by atoms with Crippen LogP contribution in [-0.2, 0) is 4.79 Å². The smallest absolute Gasteiger partial charge is 0.387 e. The van der Waals surface area contributed by atoms with Crippen LogP contribution in [0.3, 0.4) is 0 Å². The Labute approximate surface area is 144 Å². The van der Waals surface area contributed by atoms with Gasteiger partial charge in [-0.2, -0.15) is 8.78 Å². The third kappa shape index (κ3) is 5.56. The van der Waals surface area contributed by atoms with Crippen LogP contribution in [0, 0.1) is 0 Å². The second-order valence-electron chi connectivity index (χ2n) is 5.73. The Morgan fingerprint density at radius 1 is 1.32 bits per heavy atom. The average Bonchev–Trinajstić information content (AvgIpc) is 2.56. The van der Waals surface area contributed by atoms with Crippen molar-refractivity contribution in [3.63, 3.8) is 0 Å². The van der Waals surface area contributed by atoms with E-state index in [9.17, 15) is 18.4 Å². The molecule has 3 N–H and O–H groups in total. The summed E-state index contributed by atoms with van der Waals surface area (Å²) < 4.78 is 34.0. The number of amides is 2. The van der Waals surface area contributed by atoms with Crippen molar-refractivity contribution < 1.29 is 27.8 Å². The fourth-order valence-corrected chi connectivity index (χ4v) is 2.73. The maximum Gasteiger partial charge on any atom is 0.387 e. The summed E-state index contributed by atoms with van der Waals surface area (Å²) in [7, 11) is 1.31. The minimum absolute atomic E-state index is 0.0281. The lowest BCUT2D eigenvalue weighted by Crippen LogP contribution is -2.46. The molecule has 9 heteroatoms. The fourth-order valence-electron chi connectivity index (χ4n) is 2.73. The van der Waals surface area contributed by atoms with Crippen LogP contribution < -0.4 is 20.5 Å². The van der Waals surface area contributed by atoms with E-state index in [0.29, 0.717) is 25.9 Å². The molecular formula is C16H21F2N3O4. The second-order valence-corrected chi connectivity index (χ2v) is 5.73. The topological polar surface area (TPSA) is 93.9 Å². The van der Waals surface area contributed by atoms with Gasteiger partial charge in [0.15, 0.2) is 11.5 Å². The van der Waals surface area contributed by atoms with E-state index in [1.165, 1.54) is 25.3 Å². The normalized spacial score (nSPS) is 15.8. The minimum atomic E-state index is -2.97. The van der Waals surface area contributed by atoms with Crippen molar-refractivity contribution in [2.75, 3.05) is 26.7 Å². The van der Waals surface area contributed by atoms with E-state index in [1.807, 2.05) is 4.90 Å². The molecular weight excluding hydrogens is 336 g/mol. The Kier molecular flexibility index (Phi) is 6.51. The Morgan fingerprint density at radius 2 is 2.00 bits per heavy atom. The Balaban J connectivity index is 1.94. The van der Waals surface area contributed by atoms with Gasteiger partial charge in [-0.3, -0.25) is 14.5 Å². The third-order valence-corrected chi connectivity index (χ3v) is 3.94. The van der Waals surface area contributed by atoms with Crippen molar-refractivity contribution in [3.05, 3.63) is 23.8 Å². The highest BCUT2D eigenvalue weighted by atomic mass is 19.3. The molecule has 0 aliphatic carbocycles. The number of ether oxygens (including phenoxy) is 2. The van der Waals surface area contributed by atoms with E-state index in [-0.39, 0.29) is 41.5 Å². The molecule has 1 fully saturated rings. The fraction of sp³-hybridized carbons (Fsp3) is 0.500. The predicted molar refractivity (Wildman–Crippen MR) is 85.7 cm³/mol. The number of likely N-dealkylation sites (tertiary alicyclic amines) is 1. The van der Waals surface area contributed by atoms with Gasteiger partial charge in [0.25, 0.3) is 5.91 Å². The molecule has 0 unspecified atom stereocenters. The monoisotopic (exact) mass is 357 g/mol. The van der Waals surface area contributed by atoms with Gasteiger partial charge in [-0.25, -0.2) is 0 Å². The van der Waals surface area contributed by atoms with E-state index < -0.39 is 6.61 Å². The number of rotatable bonds is 7. The van der Waals surface area contributed by atoms with Crippen LogP contribution in [0.15, 0.2) is 18.2 Å². The molecule has 0 saturated carbocycles. The maximum atomic E-state index is 12.3. The number of piperidine rings is 1. The summed E-state index contributed by atoms with van der Waals surface area (Å²) in [4.78, 5) is 25.2. The third-order valence-electron chi connectivity index (χ3n) is 3.94. The summed E-state index contributed by atoms with van der Waals surface area (Å²) in [5.41, 5.74) is 5.45. The van der Waals surface area contributed by atoms with Crippen molar-refractivity contribution in [2.24, 2.45) is 5.73 Å². The van der Waals surface area contributed by atoms with Gasteiger partial charge in [-0.15, -0.1) is 0 Å². The summed E-state index contributed by atoms with van der Waals surface area (Å²) in [6.45, 7) is -1.43. The summed E-state index contributed by atoms with van der Waals surface area (Å²) in [6.07, 6.45) is 1.39. The van der Waals surface area contributed by atoms with Crippen molar-refractivity contribution in [1.29, 1.82) is 0 Å². The standard InChI is InChI=1S/C16H21F2N3O4/c1-24-13-8-10(2-3-12(13)25-16(17)18)15(23)20-11-4-6-21(7-5-11)9-14(19)22/h2-3,8,11,16H,4-7,9H2,1H3,(H2,19,22)(H,20,23). The molecule has 2 amide bonds. The number of hydrogen-bond donors (Lipinski definition) is 2. The molecule has 7 nitrogen and oxygen atoms in total. The molecule has 1 aromatic carbocycles. The number of hydrogen-bond acceptors (Lipinski definition) is 5. The largest absolute Gasteiger partial charge is 0.493 e. The second kappa shape index (κ2) is 8.61. The molecule has 0 bridgehead atoms. The first-order valence-electron chi connectivity index (χ1n) is 7.83. The van der Waals surface area contributed by atoms with E-state index in [0.717, 1.165) is 0 Å². The lowest BCUT2D eigenvalue weighted by atomic mass is 10.0. The van der Waals surface area contributed by atoms with Gasteiger partial charge in [-0.05, 0) is 31.0 Å². The molecule has 2 rings (SSSR count). The van der Waals surface area contributed by atoms with Crippen molar-refractivity contribution in [1.82, 2.24) is 10.2 Å². The summed E-state index contributed by atoms with van der Waals surface area (Å²) in [5.74, 6) is -0.769. The van der Waals surface area contributed by atoms with Gasteiger partial charge in [0, 0.05) is 24.7 Å². The van der Waals surface area contributed by atoms with Crippen LogP contribution in [0.5, 0.6) is 11.5 Å². The zero-order chi connectivity index (χ0) is 18.4. The predicted octanol–water partition coefficient (Wildman–Crippen LogP) is 0.976. The van der Waals surface area contributed by atoms with Gasteiger partial charge >= 0.3 is 6.61 Å². The van der Waals surface area contributed by atoms with Crippen LogP contribution in [0.4, 0.5) is 8.78 Å². The molecule has 25 heavy (non-hydrogen) atoms. The zero-order valence-corrected chi connectivity index (χ0v) is 13.8. The number of nitrogens with one attached hydrogen (secondary N) is 1. The van der Waals surface area contributed by atoms with Crippen molar-refractivity contribution in [3.8, 4) is 11.5 Å². The van der Waals surface area contributed by atoms with Gasteiger partial charge < -0.3 is 20.5 Å². The number of carbonyl (C=O) groups excluding carboxylic acids is 2. The summed E-state index contributed by atoms with van der Waals surface area (Å²) in [5, 5.41) is 2.89. The van der Waals surface area contributed by atoms with Crippen molar-refractivity contribution >= 4 is 11.8 Å². The van der Waals surface area contributed by atoms with Gasteiger partial charge in [0.2, 0.25) is 5.91 Å². The van der Waals surface area contributed by atoms with Crippen LogP contribution in [0.2, 0.25) is 0 Å². The van der Waals surface area contributed by atoms with Gasteiger partial charge in [0.1, 0.15) is 0 Å². The first kappa shape index (κ1) is 18.9. The average molecular weight is 357 g/mol. The molecule has 0 spiro atoms. The zero-order valence-electron chi connectivity index (χ0n) is 13.8. The molecule has 0 atom stereocenters. The number of benzene rings is 1. The van der Waals surface area contributed by atoms with E-state index >= 15 is 0 Å². The molecule has 1 aromatic rings. The summed E-state index contributed by atoms with van der Waals surface area (Å²) in [6, 6.07) is 4.00. The lowest BCUT2D eigenvalue weighted by Gasteiger charge is -2.31. The van der Waals surface area contributed by atoms with Gasteiger partial charge in [-0.1, -0.05) is 0 Å². The SMILES string of the molecule is COc1cc(C(=O)NC2CCN(CC(N)=O)CC2)ccc1OC(F)F.